The third-order valence-corrected chi connectivity index (χ3v) is 3.90. The van der Waals surface area contributed by atoms with Crippen LogP contribution in [0.1, 0.15) is 38.3 Å². The number of nitrogens with zero attached hydrogens (tertiary/aromatic N) is 2. The summed E-state index contributed by atoms with van der Waals surface area (Å²) in [5.74, 6) is 0.620. The second-order valence-electron chi connectivity index (χ2n) is 4.69. The van der Waals surface area contributed by atoms with Crippen molar-refractivity contribution in [3.8, 4) is 0 Å². The van der Waals surface area contributed by atoms with Crippen molar-refractivity contribution in [2.75, 3.05) is 11.9 Å². The summed E-state index contributed by atoms with van der Waals surface area (Å²) in [4.78, 5) is 8.77. The number of anilines is 1. The second kappa shape index (κ2) is 4.96. The van der Waals surface area contributed by atoms with Crippen LogP contribution in [-0.4, -0.2) is 21.5 Å². The Kier molecular flexibility index (Phi) is 3.57. The Balaban J connectivity index is 1.99. The molecular formula is C12H18N4S. The SMILES string of the molecule is CCC1(CNc2nccc(C(N)=S)n2)CCC1. The number of thiocarbonyl (C=S) groups is 1. The van der Waals surface area contributed by atoms with Gasteiger partial charge in [0.25, 0.3) is 0 Å². The van der Waals surface area contributed by atoms with Crippen LogP contribution in [0.3, 0.4) is 0 Å². The highest BCUT2D eigenvalue weighted by molar-refractivity contribution is 7.80. The first-order valence-corrected chi connectivity index (χ1v) is 6.43. The van der Waals surface area contributed by atoms with Crippen LogP contribution in [0.4, 0.5) is 5.95 Å². The van der Waals surface area contributed by atoms with Crippen LogP contribution in [0.25, 0.3) is 0 Å². The van der Waals surface area contributed by atoms with E-state index in [1.807, 2.05) is 0 Å². The van der Waals surface area contributed by atoms with E-state index in [-0.39, 0.29) is 0 Å². The minimum atomic E-state index is 0.310. The highest BCUT2D eigenvalue weighted by atomic mass is 32.1. The molecule has 17 heavy (non-hydrogen) atoms. The van der Waals surface area contributed by atoms with Gasteiger partial charge in [-0.1, -0.05) is 25.6 Å². The molecule has 1 fully saturated rings. The number of aromatic nitrogens is 2. The van der Waals surface area contributed by atoms with Crippen molar-refractivity contribution in [2.45, 2.75) is 32.6 Å². The van der Waals surface area contributed by atoms with Crippen molar-refractivity contribution in [1.82, 2.24) is 9.97 Å². The Bertz CT molecular complexity index is 409. The summed E-state index contributed by atoms with van der Waals surface area (Å²) in [5, 5.41) is 3.30. The van der Waals surface area contributed by atoms with Crippen LogP contribution in [0.15, 0.2) is 12.3 Å². The molecule has 3 N–H and O–H groups in total. The Morgan fingerprint density at radius 2 is 2.35 bits per heavy atom. The lowest BCUT2D eigenvalue weighted by Gasteiger charge is -2.41. The number of hydrogen-bond acceptors (Lipinski definition) is 4. The van der Waals surface area contributed by atoms with E-state index in [1.54, 1.807) is 12.3 Å². The molecule has 1 heterocycles. The van der Waals surface area contributed by atoms with Crippen LogP contribution in [0, 0.1) is 5.41 Å². The molecule has 0 unspecified atom stereocenters. The van der Waals surface area contributed by atoms with Gasteiger partial charge in [0.1, 0.15) is 10.7 Å². The van der Waals surface area contributed by atoms with E-state index >= 15 is 0 Å². The molecule has 0 aromatic carbocycles. The van der Waals surface area contributed by atoms with Crippen molar-refractivity contribution in [2.24, 2.45) is 11.1 Å². The van der Waals surface area contributed by atoms with Gasteiger partial charge in [0.05, 0.1) is 0 Å². The normalized spacial score (nSPS) is 17.2. The van der Waals surface area contributed by atoms with Gasteiger partial charge >= 0.3 is 0 Å². The minimum Gasteiger partial charge on any atom is -0.388 e. The van der Waals surface area contributed by atoms with E-state index in [2.05, 4.69) is 22.2 Å². The monoisotopic (exact) mass is 250 g/mol. The Hall–Kier alpha value is -1.23. The smallest absolute Gasteiger partial charge is 0.223 e. The number of hydrogen-bond donors (Lipinski definition) is 2. The minimum absolute atomic E-state index is 0.310. The second-order valence-corrected chi connectivity index (χ2v) is 5.13. The lowest BCUT2D eigenvalue weighted by Crippen LogP contribution is -2.36. The molecule has 0 atom stereocenters. The summed E-state index contributed by atoms with van der Waals surface area (Å²) in [6.45, 7) is 3.18. The number of rotatable bonds is 5. The standard InChI is InChI=1S/C12H18N4S/c1-2-12(5-3-6-12)8-15-11-14-7-4-9(16-11)10(13)17/h4,7H,2-3,5-6,8H2,1H3,(H2,13,17)(H,14,15,16). The van der Waals surface area contributed by atoms with E-state index in [4.69, 9.17) is 18.0 Å². The zero-order valence-electron chi connectivity index (χ0n) is 10.1. The Morgan fingerprint density at radius 1 is 1.59 bits per heavy atom. The molecule has 1 aliphatic rings. The molecule has 1 aromatic heterocycles. The highest BCUT2D eigenvalue weighted by Gasteiger charge is 2.34. The molecule has 5 heteroatoms. The zero-order chi connectivity index (χ0) is 12.3. The molecule has 1 saturated carbocycles. The van der Waals surface area contributed by atoms with Crippen molar-refractivity contribution >= 4 is 23.2 Å². The molecule has 4 nitrogen and oxygen atoms in total. The van der Waals surface area contributed by atoms with Crippen LogP contribution in [0.2, 0.25) is 0 Å². The third-order valence-electron chi connectivity index (χ3n) is 3.69. The summed E-state index contributed by atoms with van der Waals surface area (Å²) >= 11 is 4.90. The van der Waals surface area contributed by atoms with Gasteiger partial charge in [-0.05, 0) is 30.7 Å². The summed E-state index contributed by atoms with van der Waals surface area (Å²) in [6.07, 6.45) is 6.82. The molecule has 0 saturated heterocycles. The van der Waals surface area contributed by atoms with Crippen molar-refractivity contribution in [3.63, 3.8) is 0 Å². The lowest BCUT2D eigenvalue weighted by atomic mass is 9.67. The first-order valence-electron chi connectivity index (χ1n) is 6.02. The van der Waals surface area contributed by atoms with E-state index in [0.29, 0.717) is 22.0 Å². The van der Waals surface area contributed by atoms with E-state index < -0.39 is 0 Å². The molecule has 0 spiro atoms. The molecule has 0 aliphatic heterocycles. The lowest BCUT2D eigenvalue weighted by molar-refractivity contribution is 0.144. The molecule has 1 aromatic rings. The van der Waals surface area contributed by atoms with E-state index in [9.17, 15) is 0 Å². The molecular weight excluding hydrogens is 232 g/mol. The maximum Gasteiger partial charge on any atom is 0.223 e. The van der Waals surface area contributed by atoms with E-state index in [0.717, 1.165) is 6.54 Å². The van der Waals surface area contributed by atoms with Crippen molar-refractivity contribution in [3.05, 3.63) is 18.0 Å². The van der Waals surface area contributed by atoms with Crippen molar-refractivity contribution in [1.29, 1.82) is 0 Å². The molecule has 92 valence electrons. The van der Waals surface area contributed by atoms with Crippen LogP contribution >= 0.6 is 12.2 Å². The van der Waals surface area contributed by atoms with Gasteiger partial charge in [0.2, 0.25) is 5.95 Å². The maximum atomic E-state index is 5.54. The van der Waals surface area contributed by atoms with Gasteiger partial charge in [0.15, 0.2) is 0 Å². The Labute approximate surface area is 107 Å². The summed E-state index contributed by atoms with van der Waals surface area (Å²) in [7, 11) is 0. The summed E-state index contributed by atoms with van der Waals surface area (Å²) in [5.41, 5.74) is 6.61. The predicted molar refractivity (Wildman–Crippen MR) is 73.0 cm³/mol. The number of nitrogens with one attached hydrogen (secondary N) is 1. The van der Waals surface area contributed by atoms with Gasteiger partial charge in [-0.3, -0.25) is 0 Å². The highest BCUT2D eigenvalue weighted by Crippen LogP contribution is 2.43. The fraction of sp³-hybridized carbons (Fsp3) is 0.583. The Morgan fingerprint density at radius 3 is 2.88 bits per heavy atom. The zero-order valence-corrected chi connectivity index (χ0v) is 10.9. The summed E-state index contributed by atoms with van der Waals surface area (Å²) in [6, 6.07) is 1.73. The average Bonchev–Trinajstić information content (AvgIpc) is 2.28. The first-order chi connectivity index (χ1) is 8.15. The number of nitrogens with two attached hydrogens (primary N) is 1. The maximum absolute atomic E-state index is 5.54. The fourth-order valence-corrected chi connectivity index (χ4v) is 2.29. The van der Waals surface area contributed by atoms with E-state index in [1.165, 1.54) is 25.7 Å². The molecule has 2 rings (SSSR count). The quantitative estimate of drug-likeness (QED) is 0.784. The van der Waals surface area contributed by atoms with Crippen LogP contribution in [0.5, 0.6) is 0 Å². The molecule has 0 radical (unpaired) electrons. The topological polar surface area (TPSA) is 63.8 Å². The van der Waals surface area contributed by atoms with Gasteiger partial charge in [0, 0.05) is 12.7 Å². The largest absolute Gasteiger partial charge is 0.388 e. The van der Waals surface area contributed by atoms with Gasteiger partial charge in [-0.2, -0.15) is 0 Å². The molecule has 0 amide bonds. The fourth-order valence-electron chi connectivity index (χ4n) is 2.18. The predicted octanol–water partition coefficient (Wildman–Crippen LogP) is 2.10. The molecule has 0 bridgehead atoms. The first kappa shape index (κ1) is 12.2. The van der Waals surface area contributed by atoms with Crippen LogP contribution < -0.4 is 11.1 Å². The average molecular weight is 250 g/mol. The van der Waals surface area contributed by atoms with Crippen LogP contribution in [-0.2, 0) is 0 Å². The molecule has 1 aliphatic carbocycles. The van der Waals surface area contributed by atoms with Gasteiger partial charge < -0.3 is 11.1 Å². The third kappa shape index (κ3) is 2.72. The van der Waals surface area contributed by atoms with Gasteiger partial charge in [-0.15, -0.1) is 0 Å². The summed E-state index contributed by atoms with van der Waals surface area (Å²) < 4.78 is 0. The van der Waals surface area contributed by atoms with Gasteiger partial charge in [-0.25, -0.2) is 9.97 Å². The van der Waals surface area contributed by atoms with Crippen molar-refractivity contribution < 1.29 is 0 Å².